The number of aromatic nitrogens is 1. The zero-order valence-electron chi connectivity index (χ0n) is 9.58. The number of hydrogen-bond donors (Lipinski definition) is 0. The van der Waals surface area contributed by atoms with Gasteiger partial charge in [-0.25, -0.2) is 13.8 Å². The van der Waals surface area contributed by atoms with E-state index in [0.717, 1.165) is 21.8 Å². The molecule has 0 radical (unpaired) electrons. The van der Waals surface area contributed by atoms with Crippen molar-refractivity contribution in [2.75, 3.05) is 0 Å². The van der Waals surface area contributed by atoms with Crippen LogP contribution >= 0.6 is 11.3 Å². The lowest BCUT2D eigenvalue weighted by molar-refractivity contribution is 0.511. The molecule has 0 saturated carbocycles. The molecule has 0 spiro atoms. The summed E-state index contributed by atoms with van der Waals surface area (Å²) in [6, 6.07) is 9.96. The van der Waals surface area contributed by atoms with Gasteiger partial charge in [0, 0.05) is 5.56 Å². The van der Waals surface area contributed by atoms with Gasteiger partial charge in [0.15, 0.2) is 11.6 Å². The number of thiazole rings is 1. The van der Waals surface area contributed by atoms with Crippen LogP contribution < -0.4 is 0 Å². The van der Waals surface area contributed by atoms with Crippen LogP contribution in [0.4, 0.5) is 8.78 Å². The molecule has 0 fully saturated rings. The quantitative estimate of drug-likeness (QED) is 0.626. The summed E-state index contributed by atoms with van der Waals surface area (Å²) in [5.41, 5.74) is 2.10. The molecule has 0 aliphatic carbocycles. The average Bonchev–Trinajstić information content (AvgIpc) is 2.78. The van der Waals surface area contributed by atoms with Crippen molar-refractivity contribution in [2.24, 2.45) is 0 Å². The number of aryl methyl sites for hydroxylation is 1. The predicted molar refractivity (Wildman–Crippen MR) is 69.7 cm³/mol. The third-order valence-corrected chi connectivity index (χ3v) is 3.86. The van der Waals surface area contributed by atoms with Crippen LogP contribution in [0.3, 0.4) is 0 Å². The van der Waals surface area contributed by atoms with Crippen molar-refractivity contribution in [3.63, 3.8) is 0 Å². The van der Waals surface area contributed by atoms with Crippen molar-refractivity contribution < 1.29 is 8.78 Å². The molecular weight excluding hydrogens is 252 g/mol. The van der Waals surface area contributed by atoms with Gasteiger partial charge in [-0.3, -0.25) is 0 Å². The van der Waals surface area contributed by atoms with Gasteiger partial charge in [0.05, 0.1) is 10.2 Å². The number of rotatable bonds is 1. The Morgan fingerprint density at radius 3 is 2.61 bits per heavy atom. The molecule has 0 atom stereocenters. The highest BCUT2D eigenvalue weighted by molar-refractivity contribution is 7.21. The number of fused-ring (bicyclic) bond motifs is 1. The van der Waals surface area contributed by atoms with Gasteiger partial charge in [0.25, 0.3) is 0 Å². The van der Waals surface area contributed by atoms with E-state index in [1.165, 1.54) is 17.4 Å². The minimum atomic E-state index is -0.844. The monoisotopic (exact) mass is 261 g/mol. The first-order valence-electron chi connectivity index (χ1n) is 5.47. The molecule has 0 bridgehead atoms. The van der Waals surface area contributed by atoms with Crippen molar-refractivity contribution in [3.8, 4) is 10.6 Å². The Kier molecular flexibility index (Phi) is 2.59. The lowest BCUT2D eigenvalue weighted by Gasteiger charge is -1.98. The second-order valence-electron chi connectivity index (χ2n) is 4.04. The van der Waals surface area contributed by atoms with Crippen LogP contribution in [0.25, 0.3) is 20.8 Å². The Morgan fingerprint density at radius 2 is 1.83 bits per heavy atom. The van der Waals surface area contributed by atoms with Crippen LogP contribution in [-0.2, 0) is 0 Å². The van der Waals surface area contributed by atoms with Crippen molar-refractivity contribution in [3.05, 3.63) is 53.6 Å². The van der Waals surface area contributed by atoms with Gasteiger partial charge in [-0.05, 0) is 30.7 Å². The number of para-hydroxylation sites is 1. The fourth-order valence-corrected chi connectivity index (χ4v) is 2.93. The van der Waals surface area contributed by atoms with Crippen LogP contribution in [0.2, 0.25) is 0 Å². The van der Waals surface area contributed by atoms with E-state index < -0.39 is 11.6 Å². The highest BCUT2D eigenvalue weighted by Gasteiger charge is 2.14. The molecule has 0 N–H and O–H groups in total. The van der Waals surface area contributed by atoms with Crippen LogP contribution in [-0.4, -0.2) is 4.98 Å². The van der Waals surface area contributed by atoms with E-state index in [1.54, 1.807) is 6.07 Å². The summed E-state index contributed by atoms with van der Waals surface area (Å²) >= 11 is 1.37. The van der Waals surface area contributed by atoms with Gasteiger partial charge in [-0.15, -0.1) is 11.3 Å². The van der Waals surface area contributed by atoms with E-state index in [4.69, 9.17) is 0 Å². The molecule has 1 nitrogen and oxygen atoms in total. The minimum Gasteiger partial charge on any atom is -0.236 e. The number of benzene rings is 2. The SMILES string of the molecule is Cc1cccc2sc(-c3cccc(F)c3F)nc12. The standard InChI is InChI=1S/C14H9F2NS/c1-8-4-2-7-11-13(8)17-14(18-11)9-5-3-6-10(15)12(9)16/h2-7H,1H3. The third kappa shape index (κ3) is 1.69. The second kappa shape index (κ2) is 4.14. The summed E-state index contributed by atoms with van der Waals surface area (Å²) < 4.78 is 27.9. The van der Waals surface area contributed by atoms with Gasteiger partial charge < -0.3 is 0 Å². The predicted octanol–water partition coefficient (Wildman–Crippen LogP) is 4.55. The summed E-state index contributed by atoms with van der Waals surface area (Å²) in [4.78, 5) is 4.40. The molecule has 0 amide bonds. The summed E-state index contributed by atoms with van der Waals surface area (Å²) in [6.07, 6.45) is 0. The van der Waals surface area contributed by atoms with Gasteiger partial charge in [-0.2, -0.15) is 0 Å². The minimum absolute atomic E-state index is 0.218. The number of halogens is 2. The normalized spacial score (nSPS) is 11.1. The largest absolute Gasteiger partial charge is 0.236 e. The molecule has 3 rings (SSSR count). The zero-order valence-corrected chi connectivity index (χ0v) is 10.4. The zero-order chi connectivity index (χ0) is 12.7. The van der Waals surface area contributed by atoms with E-state index in [0.29, 0.717) is 5.01 Å². The van der Waals surface area contributed by atoms with E-state index in [9.17, 15) is 8.78 Å². The first-order valence-corrected chi connectivity index (χ1v) is 6.29. The summed E-state index contributed by atoms with van der Waals surface area (Å²) in [5, 5.41) is 0.510. The smallest absolute Gasteiger partial charge is 0.169 e. The molecule has 1 aromatic heterocycles. The number of nitrogens with zero attached hydrogens (tertiary/aromatic N) is 1. The maximum Gasteiger partial charge on any atom is 0.169 e. The fraction of sp³-hybridized carbons (Fsp3) is 0.0714. The maximum absolute atomic E-state index is 13.7. The molecule has 18 heavy (non-hydrogen) atoms. The molecule has 0 aliphatic heterocycles. The molecular formula is C14H9F2NS. The van der Waals surface area contributed by atoms with Crippen molar-refractivity contribution in [2.45, 2.75) is 6.92 Å². The maximum atomic E-state index is 13.7. The molecule has 4 heteroatoms. The summed E-state index contributed by atoms with van der Waals surface area (Å²) in [5.74, 6) is -1.68. The van der Waals surface area contributed by atoms with Crippen molar-refractivity contribution >= 4 is 21.6 Å². The van der Waals surface area contributed by atoms with Crippen LogP contribution in [0, 0.1) is 18.6 Å². The molecule has 0 saturated heterocycles. The van der Waals surface area contributed by atoms with Gasteiger partial charge in [-0.1, -0.05) is 18.2 Å². The molecule has 1 heterocycles. The third-order valence-electron chi connectivity index (χ3n) is 2.80. The molecule has 2 aromatic carbocycles. The summed E-state index contributed by atoms with van der Waals surface area (Å²) in [7, 11) is 0. The van der Waals surface area contributed by atoms with E-state index in [1.807, 2.05) is 25.1 Å². The first-order chi connectivity index (χ1) is 8.66. The fourth-order valence-electron chi connectivity index (χ4n) is 1.87. The summed E-state index contributed by atoms with van der Waals surface area (Å²) in [6.45, 7) is 1.95. The Balaban J connectivity index is 2.26. The van der Waals surface area contributed by atoms with Crippen molar-refractivity contribution in [1.29, 1.82) is 0 Å². The van der Waals surface area contributed by atoms with Crippen LogP contribution in [0.15, 0.2) is 36.4 Å². The number of hydrogen-bond acceptors (Lipinski definition) is 2. The lowest BCUT2D eigenvalue weighted by Crippen LogP contribution is -1.88. The molecule has 90 valence electrons. The highest BCUT2D eigenvalue weighted by Crippen LogP contribution is 2.33. The van der Waals surface area contributed by atoms with E-state index >= 15 is 0 Å². The Labute approximate surface area is 107 Å². The Bertz CT molecular complexity index is 734. The van der Waals surface area contributed by atoms with E-state index in [-0.39, 0.29) is 5.56 Å². The van der Waals surface area contributed by atoms with Gasteiger partial charge in [0.2, 0.25) is 0 Å². The van der Waals surface area contributed by atoms with Crippen LogP contribution in [0.5, 0.6) is 0 Å². The van der Waals surface area contributed by atoms with Crippen molar-refractivity contribution in [1.82, 2.24) is 4.98 Å². The highest BCUT2D eigenvalue weighted by atomic mass is 32.1. The Morgan fingerprint density at radius 1 is 1.06 bits per heavy atom. The second-order valence-corrected chi connectivity index (χ2v) is 5.07. The molecule has 0 unspecified atom stereocenters. The average molecular weight is 261 g/mol. The first kappa shape index (κ1) is 11.3. The van der Waals surface area contributed by atoms with Crippen LogP contribution in [0.1, 0.15) is 5.56 Å². The topological polar surface area (TPSA) is 12.9 Å². The van der Waals surface area contributed by atoms with Gasteiger partial charge in [0.1, 0.15) is 5.01 Å². The van der Waals surface area contributed by atoms with E-state index in [2.05, 4.69) is 4.98 Å². The molecule has 3 aromatic rings. The Hall–Kier alpha value is -1.81. The molecule has 0 aliphatic rings. The van der Waals surface area contributed by atoms with Gasteiger partial charge >= 0.3 is 0 Å². The lowest BCUT2D eigenvalue weighted by atomic mass is 10.2.